The van der Waals surface area contributed by atoms with Crippen LogP contribution in [0.15, 0.2) is 53.6 Å². The molecule has 2 aliphatic heterocycles. The molecule has 5 rings (SSSR count). The number of pyridine rings is 1. The molecule has 0 saturated carbocycles. The van der Waals surface area contributed by atoms with Gasteiger partial charge in [-0.25, -0.2) is 9.29 Å². The summed E-state index contributed by atoms with van der Waals surface area (Å²) in [5.74, 6) is 1.08. The molecule has 9 nitrogen and oxygen atoms in total. The fourth-order valence-electron chi connectivity index (χ4n) is 4.16. The van der Waals surface area contributed by atoms with Gasteiger partial charge in [0.15, 0.2) is 0 Å². The molecule has 0 atom stereocenters. The molecular weight excluding hydrogens is 450 g/mol. The molecule has 1 amide bonds. The van der Waals surface area contributed by atoms with Gasteiger partial charge in [0.2, 0.25) is 0 Å². The average molecular weight is 480 g/mol. The maximum absolute atomic E-state index is 12.1. The van der Waals surface area contributed by atoms with Crippen LogP contribution in [0, 0.1) is 0 Å². The quantitative estimate of drug-likeness (QED) is 0.383. The number of carbonyl (C=O) groups is 1. The summed E-state index contributed by atoms with van der Waals surface area (Å²) in [6.07, 6.45) is 1.76. The van der Waals surface area contributed by atoms with Crippen molar-refractivity contribution in [2.75, 3.05) is 62.7 Å². The number of carbonyl (C=O) groups excluding carboxylic acids is 1. The summed E-state index contributed by atoms with van der Waals surface area (Å²) in [5.41, 5.74) is 8.93. The fourth-order valence-corrected chi connectivity index (χ4v) is 5.11. The smallest absolute Gasteiger partial charge is 0.252 e. The number of nitrogens with two attached hydrogens (primary N) is 1. The number of nitrogens with zero attached hydrogens (tertiary/aromatic N) is 3. The number of primary amides is 1. The van der Waals surface area contributed by atoms with Crippen LogP contribution in [0.4, 0.5) is 17.3 Å². The Hall–Kier alpha value is -3.05. The minimum Gasteiger partial charge on any atom is -0.379 e. The zero-order chi connectivity index (χ0) is 23.3. The predicted molar refractivity (Wildman–Crippen MR) is 136 cm³/mol. The van der Waals surface area contributed by atoms with Crippen molar-refractivity contribution in [2.24, 2.45) is 5.73 Å². The van der Waals surface area contributed by atoms with Crippen molar-refractivity contribution in [2.45, 2.75) is 4.90 Å². The maximum Gasteiger partial charge on any atom is 0.252 e. The number of hydrogen-bond acceptors (Lipinski definition) is 8. The molecule has 3 aromatic rings. The lowest BCUT2D eigenvalue weighted by molar-refractivity contribution is 0.0773. The lowest BCUT2D eigenvalue weighted by atomic mass is 10.1. The van der Waals surface area contributed by atoms with Gasteiger partial charge >= 0.3 is 0 Å². The zero-order valence-electron chi connectivity index (χ0n) is 18.9. The third-order valence-electron chi connectivity index (χ3n) is 5.88. The van der Waals surface area contributed by atoms with Gasteiger partial charge in [-0.05, 0) is 48.3 Å². The Bertz CT molecular complexity index is 1140. The molecule has 10 heteroatoms. The van der Waals surface area contributed by atoms with Crippen LogP contribution >= 0.6 is 11.9 Å². The van der Waals surface area contributed by atoms with Crippen LogP contribution in [-0.4, -0.2) is 72.7 Å². The Kier molecular flexibility index (Phi) is 7.00. The van der Waals surface area contributed by atoms with E-state index in [1.807, 2.05) is 30.3 Å². The lowest BCUT2D eigenvalue weighted by Gasteiger charge is -2.28. The third-order valence-corrected chi connectivity index (χ3v) is 6.97. The highest BCUT2D eigenvalue weighted by Crippen LogP contribution is 2.30. The van der Waals surface area contributed by atoms with E-state index < -0.39 is 5.91 Å². The number of piperazine rings is 1. The van der Waals surface area contributed by atoms with Crippen LogP contribution in [0.5, 0.6) is 0 Å². The average Bonchev–Trinajstić information content (AvgIpc) is 3.32. The van der Waals surface area contributed by atoms with Gasteiger partial charge in [0, 0.05) is 67.3 Å². The van der Waals surface area contributed by atoms with Crippen molar-refractivity contribution >= 4 is 35.2 Å². The van der Waals surface area contributed by atoms with E-state index in [0.717, 1.165) is 81.1 Å². The van der Waals surface area contributed by atoms with Crippen LogP contribution in [0.25, 0.3) is 11.3 Å². The van der Waals surface area contributed by atoms with Crippen LogP contribution < -0.4 is 21.3 Å². The third kappa shape index (κ3) is 5.36. The molecule has 34 heavy (non-hydrogen) atoms. The highest BCUT2D eigenvalue weighted by Gasteiger charge is 2.21. The lowest BCUT2D eigenvalue weighted by Crippen LogP contribution is -2.44. The summed E-state index contributed by atoms with van der Waals surface area (Å²) in [5, 5.41) is 6.74. The molecule has 1 aromatic carbocycles. The molecule has 2 saturated heterocycles. The summed E-state index contributed by atoms with van der Waals surface area (Å²) in [4.78, 5) is 23.4. The number of nitrogens with one attached hydrogen (secondary N) is 3. The van der Waals surface area contributed by atoms with E-state index in [1.165, 1.54) is 4.90 Å². The van der Waals surface area contributed by atoms with E-state index in [9.17, 15) is 4.79 Å². The fraction of sp³-hybridized carbons (Fsp3) is 0.333. The Morgan fingerprint density at radius 1 is 1.09 bits per heavy atom. The molecule has 2 aliphatic rings. The Morgan fingerprint density at radius 3 is 2.71 bits per heavy atom. The second-order valence-electron chi connectivity index (χ2n) is 8.26. The van der Waals surface area contributed by atoms with Gasteiger partial charge in [0.05, 0.1) is 18.8 Å². The van der Waals surface area contributed by atoms with Crippen LogP contribution in [0.2, 0.25) is 0 Å². The van der Waals surface area contributed by atoms with Gasteiger partial charge in [0.1, 0.15) is 11.6 Å². The first-order valence-corrected chi connectivity index (χ1v) is 12.3. The van der Waals surface area contributed by atoms with Gasteiger partial charge in [-0.2, -0.15) is 0 Å². The Labute approximate surface area is 203 Å². The predicted octanol–water partition coefficient (Wildman–Crippen LogP) is 2.67. The number of anilines is 3. The number of aromatic amines is 1. The molecule has 2 fully saturated rings. The topological polar surface area (TPSA) is 112 Å². The van der Waals surface area contributed by atoms with Crippen molar-refractivity contribution in [3.8, 4) is 11.3 Å². The van der Waals surface area contributed by atoms with Gasteiger partial charge in [-0.1, -0.05) is 6.07 Å². The van der Waals surface area contributed by atoms with Crippen LogP contribution in [0.3, 0.4) is 0 Å². The number of benzene rings is 1. The van der Waals surface area contributed by atoms with E-state index in [0.29, 0.717) is 5.56 Å². The Morgan fingerprint density at radius 2 is 1.91 bits per heavy atom. The normalized spacial score (nSPS) is 17.0. The molecule has 0 spiro atoms. The summed E-state index contributed by atoms with van der Waals surface area (Å²) in [6.45, 7) is 6.78. The first-order chi connectivity index (χ1) is 16.7. The summed E-state index contributed by atoms with van der Waals surface area (Å²) in [7, 11) is 0. The van der Waals surface area contributed by atoms with Crippen molar-refractivity contribution in [1.29, 1.82) is 0 Å². The minimum absolute atomic E-state index is 0.432. The van der Waals surface area contributed by atoms with E-state index in [1.54, 1.807) is 18.1 Å². The number of hydrogen-bond donors (Lipinski definition) is 4. The maximum atomic E-state index is 12.1. The number of H-pyrrole nitrogens is 1. The molecule has 0 aliphatic carbocycles. The number of aromatic nitrogens is 2. The zero-order valence-corrected chi connectivity index (χ0v) is 19.7. The Balaban J connectivity index is 1.34. The van der Waals surface area contributed by atoms with Crippen molar-refractivity contribution in [3.05, 3.63) is 54.2 Å². The van der Waals surface area contributed by atoms with E-state index >= 15 is 0 Å². The van der Waals surface area contributed by atoms with Crippen molar-refractivity contribution in [3.63, 3.8) is 0 Å². The molecular formula is C24H29N7O2S. The summed E-state index contributed by atoms with van der Waals surface area (Å²) < 4.78 is 7.75. The number of morpholine rings is 1. The standard InChI is InChI=1S/C24H29N7O2S/c25-23(32)20-16-21(29-24(20)30-8-6-26-7-9-30)17-4-5-27-22(14-17)28-18-2-1-3-19(15-18)34-31-10-12-33-13-11-31/h1-5,14-16,26,29H,6-13H2,(H2,25,32)(H,27,28). The monoisotopic (exact) mass is 479 g/mol. The van der Waals surface area contributed by atoms with Gasteiger partial charge in [0.25, 0.3) is 5.91 Å². The summed E-state index contributed by atoms with van der Waals surface area (Å²) >= 11 is 1.74. The first-order valence-electron chi connectivity index (χ1n) is 11.5. The van der Waals surface area contributed by atoms with Gasteiger partial charge in [-0.3, -0.25) is 4.79 Å². The molecule has 178 valence electrons. The van der Waals surface area contributed by atoms with Crippen LogP contribution in [0.1, 0.15) is 10.4 Å². The van der Waals surface area contributed by atoms with Crippen molar-refractivity contribution < 1.29 is 9.53 Å². The highest BCUT2D eigenvalue weighted by atomic mass is 32.2. The van der Waals surface area contributed by atoms with Crippen LogP contribution in [-0.2, 0) is 4.74 Å². The molecule has 0 unspecified atom stereocenters. The van der Waals surface area contributed by atoms with E-state index in [-0.39, 0.29) is 0 Å². The molecule has 0 radical (unpaired) electrons. The van der Waals surface area contributed by atoms with E-state index in [4.69, 9.17) is 10.5 Å². The minimum atomic E-state index is -0.432. The summed E-state index contributed by atoms with van der Waals surface area (Å²) in [6, 6.07) is 14.0. The number of rotatable bonds is 7. The second kappa shape index (κ2) is 10.5. The molecule has 2 aromatic heterocycles. The molecule has 5 N–H and O–H groups in total. The van der Waals surface area contributed by atoms with Crippen molar-refractivity contribution in [1.82, 2.24) is 19.6 Å². The molecule has 4 heterocycles. The highest BCUT2D eigenvalue weighted by molar-refractivity contribution is 7.97. The number of amides is 1. The number of ether oxygens (including phenoxy) is 1. The first kappa shape index (κ1) is 22.7. The SMILES string of the molecule is NC(=O)c1cc(-c2ccnc(Nc3cccc(SN4CCOCC4)c3)c2)[nH]c1N1CCNCC1. The molecule has 0 bridgehead atoms. The second-order valence-corrected chi connectivity index (χ2v) is 9.43. The van der Waals surface area contributed by atoms with Gasteiger partial charge < -0.3 is 31.0 Å². The van der Waals surface area contributed by atoms with Gasteiger partial charge in [-0.15, -0.1) is 0 Å². The van der Waals surface area contributed by atoms with E-state index in [2.05, 4.69) is 41.9 Å². The largest absolute Gasteiger partial charge is 0.379 e.